The standard InChI is InChI=1S/C20H20N2O6/c1-26-16-8-7-15(9-17(16)28-12-18(23)24)19(27-2)20(25)22-11-14-5-3-13(10-21)4-6-14/h3-9,19H,11-12H2,1-2H3,(H,22,25)(H,23,24). The molecule has 2 rings (SSSR count). The second-order valence-electron chi connectivity index (χ2n) is 5.73. The SMILES string of the molecule is COc1ccc(C(OC)C(=O)NCc2ccc(C#N)cc2)cc1OCC(=O)O. The van der Waals surface area contributed by atoms with Gasteiger partial charge in [0.2, 0.25) is 0 Å². The van der Waals surface area contributed by atoms with Gasteiger partial charge in [-0.1, -0.05) is 18.2 Å². The number of hydrogen-bond donors (Lipinski definition) is 2. The number of carbonyl (C=O) groups is 2. The topological polar surface area (TPSA) is 118 Å². The first-order valence-electron chi connectivity index (χ1n) is 8.30. The van der Waals surface area contributed by atoms with Crippen LogP contribution in [0.5, 0.6) is 11.5 Å². The van der Waals surface area contributed by atoms with E-state index in [1.54, 1.807) is 36.4 Å². The summed E-state index contributed by atoms with van der Waals surface area (Å²) >= 11 is 0. The van der Waals surface area contributed by atoms with E-state index in [0.717, 1.165) is 5.56 Å². The molecule has 28 heavy (non-hydrogen) atoms. The maximum atomic E-state index is 12.5. The maximum absolute atomic E-state index is 12.5. The van der Waals surface area contributed by atoms with Crippen molar-refractivity contribution < 1.29 is 28.9 Å². The molecule has 2 aromatic carbocycles. The van der Waals surface area contributed by atoms with E-state index < -0.39 is 18.7 Å². The smallest absolute Gasteiger partial charge is 0.341 e. The van der Waals surface area contributed by atoms with E-state index in [1.165, 1.54) is 20.3 Å². The van der Waals surface area contributed by atoms with E-state index >= 15 is 0 Å². The summed E-state index contributed by atoms with van der Waals surface area (Å²) in [4.78, 5) is 23.3. The third-order valence-electron chi connectivity index (χ3n) is 3.87. The number of amides is 1. The van der Waals surface area contributed by atoms with Gasteiger partial charge in [-0.2, -0.15) is 5.26 Å². The fourth-order valence-corrected chi connectivity index (χ4v) is 2.48. The lowest BCUT2D eigenvalue weighted by Gasteiger charge is -2.18. The zero-order chi connectivity index (χ0) is 20.5. The van der Waals surface area contributed by atoms with Crippen LogP contribution in [0, 0.1) is 11.3 Å². The Balaban J connectivity index is 2.11. The first-order chi connectivity index (χ1) is 13.5. The van der Waals surface area contributed by atoms with E-state index in [9.17, 15) is 9.59 Å². The molecule has 0 aliphatic carbocycles. The normalized spacial score (nSPS) is 11.2. The van der Waals surface area contributed by atoms with Crippen molar-refractivity contribution in [2.45, 2.75) is 12.6 Å². The van der Waals surface area contributed by atoms with Crippen LogP contribution in [0.3, 0.4) is 0 Å². The number of hydrogen-bond acceptors (Lipinski definition) is 6. The average Bonchev–Trinajstić information content (AvgIpc) is 2.71. The molecule has 2 N–H and O–H groups in total. The maximum Gasteiger partial charge on any atom is 0.341 e. The van der Waals surface area contributed by atoms with Crippen LogP contribution in [0.25, 0.3) is 0 Å². The Hall–Kier alpha value is -3.57. The Kier molecular flexibility index (Phi) is 7.37. The minimum absolute atomic E-state index is 0.198. The number of aliphatic carboxylic acids is 1. The highest BCUT2D eigenvalue weighted by Crippen LogP contribution is 2.31. The molecular formula is C20H20N2O6. The number of carboxylic acids is 1. The van der Waals surface area contributed by atoms with Gasteiger partial charge >= 0.3 is 5.97 Å². The predicted molar refractivity (Wildman–Crippen MR) is 98.9 cm³/mol. The van der Waals surface area contributed by atoms with Crippen molar-refractivity contribution in [1.29, 1.82) is 5.26 Å². The summed E-state index contributed by atoms with van der Waals surface area (Å²) in [5.41, 5.74) is 1.86. The number of carboxylic acid groups (broad SMARTS) is 1. The third kappa shape index (κ3) is 5.46. The highest BCUT2D eigenvalue weighted by molar-refractivity contribution is 5.82. The fourth-order valence-electron chi connectivity index (χ4n) is 2.48. The summed E-state index contributed by atoms with van der Waals surface area (Å²) in [6.45, 7) is -0.273. The number of ether oxygens (including phenoxy) is 3. The second-order valence-corrected chi connectivity index (χ2v) is 5.73. The molecule has 146 valence electrons. The highest BCUT2D eigenvalue weighted by Gasteiger charge is 2.22. The molecule has 2 aromatic rings. The molecule has 8 heteroatoms. The number of nitrogens with zero attached hydrogens (tertiary/aromatic N) is 1. The van der Waals surface area contributed by atoms with Gasteiger partial charge in [0, 0.05) is 13.7 Å². The fraction of sp³-hybridized carbons (Fsp3) is 0.250. The van der Waals surface area contributed by atoms with Crippen molar-refractivity contribution in [2.75, 3.05) is 20.8 Å². The van der Waals surface area contributed by atoms with Crippen LogP contribution < -0.4 is 14.8 Å². The zero-order valence-electron chi connectivity index (χ0n) is 15.5. The van der Waals surface area contributed by atoms with Crippen LogP contribution in [-0.2, 0) is 20.9 Å². The van der Waals surface area contributed by atoms with Gasteiger partial charge in [0.1, 0.15) is 0 Å². The van der Waals surface area contributed by atoms with Gasteiger partial charge in [-0.15, -0.1) is 0 Å². The molecule has 0 aromatic heterocycles. The molecule has 0 saturated heterocycles. The first-order valence-corrected chi connectivity index (χ1v) is 8.30. The van der Waals surface area contributed by atoms with Crippen LogP contribution in [0.1, 0.15) is 22.8 Å². The molecule has 0 aliphatic rings. The summed E-state index contributed by atoms with van der Waals surface area (Å²) in [6, 6.07) is 13.6. The van der Waals surface area contributed by atoms with Gasteiger partial charge in [-0.05, 0) is 35.4 Å². The Labute approximate surface area is 162 Å². The Morgan fingerprint density at radius 1 is 1.14 bits per heavy atom. The first kappa shape index (κ1) is 20.7. The molecule has 0 bridgehead atoms. The molecule has 1 unspecified atom stereocenters. The molecular weight excluding hydrogens is 364 g/mol. The van der Waals surface area contributed by atoms with Crippen molar-refractivity contribution in [3.05, 3.63) is 59.2 Å². The number of nitriles is 1. The van der Waals surface area contributed by atoms with E-state index in [1.807, 2.05) is 6.07 Å². The molecule has 0 fully saturated rings. The van der Waals surface area contributed by atoms with Crippen molar-refractivity contribution in [3.63, 3.8) is 0 Å². The monoisotopic (exact) mass is 384 g/mol. The van der Waals surface area contributed by atoms with Gasteiger partial charge in [-0.25, -0.2) is 4.79 Å². The van der Waals surface area contributed by atoms with Crippen molar-refractivity contribution in [2.24, 2.45) is 0 Å². The Morgan fingerprint density at radius 2 is 1.86 bits per heavy atom. The molecule has 0 saturated carbocycles. The van der Waals surface area contributed by atoms with E-state index in [0.29, 0.717) is 16.9 Å². The van der Waals surface area contributed by atoms with E-state index in [4.69, 9.17) is 24.6 Å². The van der Waals surface area contributed by atoms with Crippen LogP contribution in [0.15, 0.2) is 42.5 Å². The third-order valence-corrected chi connectivity index (χ3v) is 3.87. The second kappa shape index (κ2) is 9.94. The minimum Gasteiger partial charge on any atom is -0.493 e. The van der Waals surface area contributed by atoms with Gasteiger partial charge in [0.05, 0.1) is 18.7 Å². The highest BCUT2D eigenvalue weighted by atomic mass is 16.5. The number of rotatable bonds is 9. The zero-order valence-corrected chi connectivity index (χ0v) is 15.5. The molecule has 0 aliphatic heterocycles. The van der Waals surface area contributed by atoms with Crippen LogP contribution >= 0.6 is 0 Å². The number of methoxy groups -OCH3 is 2. The van der Waals surface area contributed by atoms with Crippen molar-refractivity contribution in [3.8, 4) is 17.6 Å². The summed E-state index contributed by atoms with van der Waals surface area (Å²) < 4.78 is 15.7. The van der Waals surface area contributed by atoms with E-state index in [2.05, 4.69) is 5.32 Å². The van der Waals surface area contributed by atoms with E-state index in [-0.39, 0.29) is 18.2 Å². The molecule has 0 radical (unpaired) electrons. The van der Waals surface area contributed by atoms with Crippen molar-refractivity contribution in [1.82, 2.24) is 5.32 Å². The number of benzene rings is 2. The van der Waals surface area contributed by atoms with Gasteiger partial charge < -0.3 is 24.6 Å². The Bertz CT molecular complexity index is 873. The summed E-state index contributed by atoms with van der Waals surface area (Å²) in [5, 5.41) is 20.4. The lowest BCUT2D eigenvalue weighted by Crippen LogP contribution is -2.30. The quantitative estimate of drug-likeness (QED) is 0.679. The molecule has 1 amide bonds. The largest absolute Gasteiger partial charge is 0.493 e. The van der Waals surface area contributed by atoms with Crippen LogP contribution in [-0.4, -0.2) is 37.8 Å². The molecule has 0 spiro atoms. The minimum atomic E-state index is -1.13. The van der Waals surface area contributed by atoms with Gasteiger partial charge in [0.25, 0.3) is 5.91 Å². The lowest BCUT2D eigenvalue weighted by atomic mass is 10.1. The summed E-state index contributed by atoms with van der Waals surface area (Å²) in [7, 11) is 2.83. The summed E-state index contributed by atoms with van der Waals surface area (Å²) in [5.74, 6) is -0.959. The van der Waals surface area contributed by atoms with Gasteiger partial charge in [-0.3, -0.25) is 4.79 Å². The molecule has 8 nitrogen and oxygen atoms in total. The Morgan fingerprint density at radius 3 is 2.43 bits per heavy atom. The summed E-state index contributed by atoms with van der Waals surface area (Å²) in [6.07, 6.45) is -0.920. The lowest BCUT2D eigenvalue weighted by molar-refractivity contribution is -0.139. The molecule has 0 heterocycles. The molecule has 1 atom stereocenters. The van der Waals surface area contributed by atoms with Gasteiger partial charge in [0.15, 0.2) is 24.2 Å². The number of nitrogens with one attached hydrogen (secondary N) is 1. The van der Waals surface area contributed by atoms with Crippen LogP contribution in [0.4, 0.5) is 0 Å². The average molecular weight is 384 g/mol. The van der Waals surface area contributed by atoms with Crippen molar-refractivity contribution >= 4 is 11.9 Å². The predicted octanol–water partition coefficient (Wildman–Crippen LogP) is 2.03. The number of carbonyl (C=O) groups excluding carboxylic acids is 1. The van der Waals surface area contributed by atoms with Crippen LogP contribution in [0.2, 0.25) is 0 Å².